The van der Waals surface area contributed by atoms with E-state index in [1.54, 1.807) is 0 Å². The summed E-state index contributed by atoms with van der Waals surface area (Å²) in [6.07, 6.45) is 1.43. The van der Waals surface area contributed by atoms with E-state index in [0.29, 0.717) is 29.6 Å². The number of nitrogens with zero attached hydrogens (tertiary/aromatic N) is 3. The molecule has 4 rings (SSSR count). The normalized spacial score (nSPS) is 17.7. The molecule has 1 aliphatic heterocycles. The van der Waals surface area contributed by atoms with Crippen LogP contribution in [-0.2, 0) is 10.0 Å². The van der Waals surface area contributed by atoms with Gasteiger partial charge in [0.2, 0.25) is 21.7 Å². The highest BCUT2D eigenvalue weighted by Gasteiger charge is 2.40. The van der Waals surface area contributed by atoms with Gasteiger partial charge in [-0.2, -0.15) is 9.29 Å². The third kappa shape index (κ3) is 3.60. The number of aromatic nitrogens is 2. The van der Waals surface area contributed by atoms with E-state index in [1.807, 2.05) is 64.1 Å². The summed E-state index contributed by atoms with van der Waals surface area (Å²) in [5, 5.41) is 4.09. The summed E-state index contributed by atoms with van der Waals surface area (Å²) >= 11 is 0. The lowest BCUT2D eigenvalue weighted by molar-refractivity contribution is 0.290. The summed E-state index contributed by atoms with van der Waals surface area (Å²) in [5.74, 6) is 0.830. The summed E-state index contributed by atoms with van der Waals surface area (Å²) in [4.78, 5) is 4.91. The first kappa shape index (κ1) is 19.8. The Morgan fingerprint density at radius 1 is 1.00 bits per heavy atom. The van der Waals surface area contributed by atoms with E-state index in [2.05, 4.69) is 10.1 Å². The topological polar surface area (TPSA) is 76.3 Å². The van der Waals surface area contributed by atoms with Crippen molar-refractivity contribution < 1.29 is 12.9 Å². The maximum atomic E-state index is 13.5. The van der Waals surface area contributed by atoms with E-state index in [0.717, 1.165) is 34.2 Å². The number of hydrogen-bond acceptors (Lipinski definition) is 5. The monoisotopic (exact) mass is 411 g/mol. The van der Waals surface area contributed by atoms with Crippen LogP contribution < -0.4 is 0 Å². The second kappa shape index (κ2) is 7.39. The summed E-state index contributed by atoms with van der Waals surface area (Å²) in [7, 11) is -3.67. The van der Waals surface area contributed by atoms with Crippen molar-refractivity contribution in [3.05, 3.63) is 64.5 Å². The Balaban J connectivity index is 1.69. The third-order valence-corrected chi connectivity index (χ3v) is 7.63. The van der Waals surface area contributed by atoms with Crippen LogP contribution in [0.5, 0.6) is 0 Å². The largest absolute Gasteiger partial charge is 0.337 e. The highest BCUT2D eigenvalue weighted by Crippen LogP contribution is 2.38. The van der Waals surface area contributed by atoms with Crippen LogP contribution >= 0.6 is 0 Å². The molecule has 7 heteroatoms. The summed E-state index contributed by atoms with van der Waals surface area (Å²) in [6, 6.07) is 11.2. The molecule has 2 heterocycles. The molecule has 0 saturated carbocycles. The van der Waals surface area contributed by atoms with Crippen molar-refractivity contribution in [1.82, 2.24) is 14.4 Å². The zero-order valence-corrected chi connectivity index (χ0v) is 18.0. The Labute approximate surface area is 171 Å². The van der Waals surface area contributed by atoms with Gasteiger partial charge in [0.1, 0.15) is 6.04 Å². The molecule has 0 unspecified atom stereocenters. The van der Waals surface area contributed by atoms with Gasteiger partial charge in [0.05, 0.1) is 4.90 Å². The second-order valence-electron chi connectivity index (χ2n) is 7.82. The fourth-order valence-electron chi connectivity index (χ4n) is 4.16. The second-order valence-corrected chi connectivity index (χ2v) is 9.65. The van der Waals surface area contributed by atoms with Gasteiger partial charge in [-0.05, 0) is 51.7 Å². The molecular weight excluding hydrogens is 386 g/mol. The molecule has 1 aromatic heterocycles. The van der Waals surface area contributed by atoms with E-state index < -0.39 is 16.1 Å². The van der Waals surface area contributed by atoms with Gasteiger partial charge in [0.25, 0.3) is 0 Å². The zero-order chi connectivity index (χ0) is 20.8. The quantitative estimate of drug-likeness (QED) is 0.632. The molecule has 0 amide bonds. The maximum Gasteiger partial charge on any atom is 0.245 e. The van der Waals surface area contributed by atoms with Crippen LogP contribution in [0, 0.1) is 27.7 Å². The highest BCUT2D eigenvalue weighted by atomic mass is 32.2. The lowest BCUT2D eigenvalue weighted by atomic mass is 10.1. The molecule has 1 aliphatic rings. The van der Waals surface area contributed by atoms with Crippen molar-refractivity contribution in [2.45, 2.75) is 51.5 Å². The molecule has 3 aromatic rings. The maximum absolute atomic E-state index is 13.5. The fraction of sp³-hybridized carbons (Fsp3) is 0.364. The molecule has 1 saturated heterocycles. The Bertz CT molecular complexity index is 1130. The Kier molecular flexibility index (Phi) is 5.04. The van der Waals surface area contributed by atoms with Gasteiger partial charge in [0, 0.05) is 12.1 Å². The minimum atomic E-state index is -3.67. The van der Waals surface area contributed by atoms with Crippen molar-refractivity contribution in [3.8, 4) is 11.4 Å². The number of hydrogen-bond donors (Lipinski definition) is 0. The summed E-state index contributed by atoms with van der Waals surface area (Å²) < 4.78 is 34.1. The summed E-state index contributed by atoms with van der Waals surface area (Å²) in [5.41, 5.74) is 4.58. The predicted molar refractivity (Wildman–Crippen MR) is 111 cm³/mol. The van der Waals surface area contributed by atoms with Crippen molar-refractivity contribution in [2.75, 3.05) is 6.54 Å². The van der Waals surface area contributed by atoms with E-state index in [-0.39, 0.29) is 0 Å². The fourth-order valence-corrected chi connectivity index (χ4v) is 6.22. The molecular formula is C22H25N3O3S. The minimum absolute atomic E-state index is 0.351. The molecule has 152 valence electrons. The molecule has 1 atom stereocenters. The Hall–Kier alpha value is -2.51. The van der Waals surface area contributed by atoms with Gasteiger partial charge < -0.3 is 4.52 Å². The predicted octanol–water partition coefficient (Wildman–Crippen LogP) is 4.50. The molecule has 0 radical (unpaired) electrons. The number of sulfonamides is 1. The zero-order valence-electron chi connectivity index (χ0n) is 17.1. The average molecular weight is 412 g/mol. The van der Waals surface area contributed by atoms with Crippen molar-refractivity contribution in [3.63, 3.8) is 0 Å². The first-order valence-corrected chi connectivity index (χ1v) is 11.2. The van der Waals surface area contributed by atoms with Crippen LogP contribution in [0.25, 0.3) is 11.4 Å². The van der Waals surface area contributed by atoms with Crippen molar-refractivity contribution >= 4 is 10.0 Å². The number of rotatable bonds is 4. The van der Waals surface area contributed by atoms with Crippen LogP contribution in [0.1, 0.15) is 47.0 Å². The van der Waals surface area contributed by atoms with Gasteiger partial charge in [-0.1, -0.05) is 52.7 Å². The smallest absolute Gasteiger partial charge is 0.245 e. The van der Waals surface area contributed by atoms with Crippen LogP contribution in [0.3, 0.4) is 0 Å². The average Bonchev–Trinajstić information content (AvgIpc) is 3.31. The standard InChI is InChI=1S/C22H25N3O3S/c1-14-7-9-18(10-8-14)21-23-22(28-24-21)19-6-5-11-25(19)29(26,27)20-16(3)12-15(2)13-17(20)4/h7-10,12-13,19H,5-6,11H2,1-4H3/t19-/m0/s1. The van der Waals surface area contributed by atoms with Crippen LogP contribution in [-0.4, -0.2) is 29.4 Å². The number of benzene rings is 2. The van der Waals surface area contributed by atoms with Crippen molar-refractivity contribution in [1.29, 1.82) is 0 Å². The van der Waals surface area contributed by atoms with Gasteiger partial charge >= 0.3 is 0 Å². The molecule has 0 aliphatic carbocycles. The van der Waals surface area contributed by atoms with E-state index in [1.165, 1.54) is 4.31 Å². The first-order chi connectivity index (χ1) is 13.8. The molecule has 2 aromatic carbocycles. The molecule has 0 bridgehead atoms. The Morgan fingerprint density at radius 3 is 2.31 bits per heavy atom. The van der Waals surface area contributed by atoms with E-state index in [9.17, 15) is 8.42 Å². The minimum Gasteiger partial charge on any atom is -0.337 e. The SMILES string of the molecule is Cc1ccc(-c2noc([C@@H]3CCCN3S(=O)(=O)c3c(C)cc(C)cc3C)n2)cc1. The molecule has 29 heavy (non-hydrogen) atoms. The Morgan fingerprint density at radius 2 is 1.66 bits per heavy atom. The van der Waals surface area contributed by atoms with Crippen LogP contribution in [0.15, 0.2) is 45.8 Å². The lowest BCUT2D eigenvalue weighted by Crippen LogP contribution is -2.32. The number of aryl methyl sites for hydroxylation is 4. The highest BCUT2D eigenvalue weighted by molar-refractivity contribution is 7.89. The molecule has 0 N–H and O–H groups in total. The summed E-state index contributed by atoms with van der Waals surface area (Å²) in [6.45, 7) is 8.13. The molecule has 6 nitrogen and oxygen atoms in total. The van der Waals surface area contributed by atoms with Gasteiger partial charge in [-0.3, -0.25) is 0 Å². The van der Waals surface area contributed by atoms with E-state index in [4.69, 9.17) is 4.52 Å². The van der Waals surface area contributed by atoms with Gasteiger partial charge in [-0.25, -0.2) is 8.42 Å². The van der Waals surface area contributed by atoms with Gasteiger partial charge in [0.15, 0.2) is 0 Å². The van der Waals surface area contributed by atoms with Gasteiger partial charge in [-0.15, -0.1) is 0 Å². The first-order valence-electron chi connectivity index (χ1n) is 9.77. The van der Waals surface area contributed by atoms with Crippen molar-refractivity contribution in [2.24, 2.45) is 0 Å². The lowest BCUT2D eigenvalue weighted by Gasteiger charge is -2.23. The van der Waals surface area contributed by atoms with E-state index >= 15 is 0 Å². The van der Waals surface area contributed by atoms with Crippen LogP contribution in [0.4, 0.5) is 0 Å². The molecule has 1 fully saturated rings. The van der Waals surface area contributed by atoms with Crippen LogP contribution in [0.2, 0.25) is 0 Å². The third-order valence-electron chi connectivity index (χ3n) is 5.41. The molecule has 0 spiro atoms.